The molecule has 3 rings (SSSR count). The summed E-state index contributed by atoms with van der Waals surface area (Å²) < 4.78 is 0. The van der Waals surface area contributed by atoms with Gasteiger partial charge < -0.3 is 5.73 Å². The van der Waals surface area contributed by atoms with E-state index in [1.54, 1.807) is 0 Å². The van der Waals surface area contributed by atoms with E-state index < -0.39 is 0 Å². The molecular weight excluding hydrogens is 256 g/mol. The van der Waals surface area contributed by atoms with Crippen LogP contribution in [0.4, 0.5) is 0 Å². The fourth-order valence-corrected chi connectivity index (χ4v) is 3.54. The summed E-state index contributed by atoms with van der Waals surface area (Å²) in [6.07, 6.45) is 4.73. The average Bonchev–Trinajstić information content (AvgIpc) is 2.42. The minimum Gasteiger partial charge on any atom is -0.322 e. The Morgan fingerprint density at radius 1 is 1.14 bits per heavy atom. The number of nitrogens with two attached hydrogens (primary N) is 1. The quantitative estimate of drug-likeness (QED) is 0.885. The van der Waals surface area contributed by atoms with Gasteiger partial charge in [0.15, 0.2) is 0 Å². The summed E-state index contributed by atoms with van der Waals surface area (Å²) in [4.78, 5) is 4.93. The summed E-state index contributed by atoms with van der Waals surface area (Å²) >= 11 is 0. The molecule has 0 saturated carbocycles. The lowest BCUT2D eigenvalue weighted by atomic mass is 9.81. The third-order valence-corrected chi connectivity index (χ3v) is 4.60. The van der Waals surface area contributed by atoms with Crippen LogP contribution in [0.25, 0.3) is 10.9 Å². The van der Waals surface area contributed by atoms with Crippen molar-refractivity contribution in [1.29, 1.82) is 0 Å². The van der Waals surface area contributed by atoms with Gasteiger partial charge in [-0.15, -0.1) is 0 Å². The predicted octanol–water partition coefficient (Wildman–Crippen LogP) is 4.43. The van der Waals surface area contributed by atoms with Crippen LogP contribution in [0.2, 0.25) is 0 Å². The number of hydrogen-bond donors (Lipinski definition) is 1. The van der Waals surface area contributed by atoms with E-state index in [0.29, 0.717) is 5.92 Å². The minimum absolute atomic E-state index is 0.321. The summed E-state index contributed by atoms with van der Waals surface area (Å²) in [5, 5.41) is 1.26. The molecule has 0 saturated heterocycles. The van der Waals surface area contributed by atoms with Gasteiger partial charge in [0.25, 0.3) is 0 Å². The van der Waals surface area contributed by atoms with E-state index >= 15 is 0 Å². The summed E-state index contributed by atoms with van der Waals surface area (Å²) in [7, 11) is 0. The molecule has 1 aliphatic carbocycles. The number of hydrogen-bond acceptors (Lipinski definition) is 2. The summed E-state index contributed by atoms with van der Waals surface area (Å²) in [5.41, 5.74) is 12.7. The van der Waals surface area contributed by atoms with Crippen molar-refractivity contribution in [3.8, 4) is 0 Å². The molecule has 2 N–H and O–H groups in total. The Kier molecular flexibility index (Phi) is 3.53. The van der Waals surface area contributed by atoms with Gasteiger partial charge in [0, 0.05) is 16.6 Å². The number of benzene rings is 1. The fraction of sp³-hybridized carbons (Fsp3) is 0.526. The molecule has 0 atom stereocenters. The van der Waals surface area contributed by atoms with E-state index in [-0.39, 0.29) is 5.54 Å². The second-order valence-electron chi connectivity index (χ2n) is 7.27. The molecule has 2 nitrogen and oxygen atoms in total. The zero-order chi connectivity index (χ0) is 15.2. The van der Waals surface area contributed by atoms with Crippen molar-refractivity contribution < 1.29 is 0 Å². The largest absolute Gasteiger partial charge is 0.322 e. The van der Waals surface area contributed by atoms with Crippen molar-refractivity contribution in [3.63, 3.8) is 0 Å². The van der Waals surface area contributed by atoms with Crippen LogP contribution in [-0.4, -0.2) is 4.98 Å². The van der Waals surface area contributed by atoms with Crippen LogP contribution in [0.1, 0.15) is 68.8 Å². The Balaban J connectivity index is 2.36. The van der Waals surface area contributed by atoms with Gasteiger partial charge in [0.1, 0.15) is 0 Å². The second kappa shape index (κ2) is 5.10. The topological polar surface area (TPSA) is 38.9 Å². The van der Waals surface area contributed by atoms with Crippen LogP contribution in [0, 0.1) is 0 Å². The molecular formula is C19H26N2. The monoisotopic (exact) mass is 282 g/mol. The Labute approximate surface area is 127 Å². The normalized spacial score (nSPS) is 15.5. The Hall–Kier alpha value is -1.41. The molecule has 1 aromatic carbocycles. The lowest BCUT2D eigenvalue weighted by Gasteiger charge is -2.29. The lowest BCUT2D eigenvalue weighted by Crippen LogP contribution is -2.32. The number of aromatic nitrogens is 1. The van der Waals surface area contributed by atoms with Gasteiger partial charge in [0.05, 0.1) is 5.52 Å². The first-order valence-corrected chi connectivity index (χ1v) is 8.12. The maximum absolute atomic E-state index is 6.55. The van der Waals surface area contributed by atoms with Crippen molar-refractivity contribution in [2.24, 2.45) is 5.73 Å². The van der Waals surface area contributed by atoms with E-state index in [4.69, 9.17) is 10.7 Å². The Morgan fingerprint density at radius 3 is 2.52 bits per heavy atom. The highest BCUT2D eigenvalue weighted by Gasteiger charge is 2.26. The molecule has 21 heavy (non-hydrogen) atoms. The number of fused-ring (bicyclic) bond motifs is 2. The number of pyridine rings is 1. The SMILES string of the molecule is CC(C)c1ccc2nc3c(c(C(C)(C)N)c2c1)CCCC3. The summed E-state index contributed by atoms with van der Waals surface area (Å²) in [6, 6.07) is 6.70. The van der Waals surface area contributed by atoms with Gasteiger partial charge in [-0.3, -0.25) is 4.98 Å². The first-order chi connectivity index (χ1) is 9.88. The lowest BCUT2D eigenvalue weighted by molar-refractivity contribution is 0.541. The number of rotatable bonds is 2. The molecule has 2 heteroatoms. The van der Waals surface area contributed by atoms with Gasteiger partial charge in [-0.1, -0.05) is 19.9 Å². The van der Waals surface area contributed by atoms with Gasteiger partial charge in [-0.2, -0.15) is 0 Å². The molecule has 0 fully saturated rings. The van der Waals surface area contributed by atoms with Crippen LogP contribution in [0.15, 0.2) is 18.2 Å². The predicted molar refractivity (Wildman–Crippen MR) is 89.7 cm³/mol. The maximum atomic E-state index is 6.55. The molecule has 112 valence electrons. The Morgan fingerprint density at radius 2 is 1.86 bits per heavy atom. The van der Waals surface area contributed by atoms with E-state index in [9.17, 15) is 0 Å². The van der Waals surface area contributed by atoms with E-state index in [2.05, 4.69) is 45.9 Å². The summed E-state index contributed by atoms with van der Waals surface area (Å²) in [5.74, 6) is 0.527. The highest BCUT2D eigenvalue weighted by atomic mass is 14.8. The molecule has 2 aromatic rings. The highest BCUT2D eigenvalue weighted by molar-refractivity contribution is 5.85. The first kappa shape index (κ1) is 14.5. The number of aryl methyl sites for hydroxylation is 1. The first-order valence-electron chi connectivity index (χ1n) is 8.12. The van der Waals surface area contributed by atoms with Crippen LogP contribution < -0.4 is 5.73 Å². The van der Waals surface area contributed by atoms with Crippen molar-refractivity contribution in [2.45, 2.75) is 64.8 Å². The third-order valence-electron chi connectivity index (χ3n) is 4.60. The van der Waals surface area contributed by atoms with Crippen molar-refractivity contribution >= 4 is 10.9 Å². The summed E-state index contributed by atoms with van der Waals surface area (Å²) in [6.45, 7) is 8.72. The van der Waals surface area contributed by atoms with E-state index in [0.717, 1.165) is 18.4 Å². The van der Waals surface area contributed by atoms with E-state index in [1.807, 2.05) is 0 Å². The van der Waals surface area contributed by atoms with E-state index in [1.165, 1.54) is 40.6 Å². The second-order valence-corrected chi connectivity index (χ2v) is 7.27. The molecule has 1 aromatic heterocycles. The van der Waals surface area contributed by atoms with Crippen molar-refractivity contribution in [2.75, 3.05) is 0 Å². The Bertz CT molecular complexity index is 678. The molecule has 1 heterocycles. The molecule has 0 unspecified atom stereocenters. The van der Waals surface area contributed by atoms with Crippen molar-refractivity contribution in [3.05, 3.63) is 40.6 Å². The van der Waals surface area contributed by atoms with Gasteiger partial charge >= 0.3 is 0 Å². The molecule has 0 amide bonds. The van der Waals surface area contributed by atoms with Crippen molar-refractivity contribution in [1.82, 2.24) is 4.98 Å². The maximum Gasteiger partial charge on any atom is 0.0709 e. The average molecular weight is 282 g/mol. The highest BCUT2D eigenvalue weighted by Crippen LogP contribution is 2.35. The van der Waals surface area contributed by atoms with Crippen LogP contribution in [0.3, 0.4) is 0 Å². The molecule has 1 aliphatic rings. The molecule has 0 bridgehead atoms. The van der Waals surface area contributed by atoms with Gasteiger partial charge in [-0.05, 0) is 74.3 Å². The standard InChI is InChI=1S/C19H26N2/c1-12(2)13-9-10-17-15(11-13)18(19(3,4)20)14-7-5-6-8-16(14)21-17/h9-12H,5-8,20H2,1-4H3. The third kappa shape index (κ3) is 2.57. The zero-order valence-corrected chi connectivity index (χ0v) is 13.7. The van der Waals surface area contributed by atoms with Crippen LogP contribution in [-0.2, 0) is 18.4 Å². The molecule has 0 spiro atoms. The van der Waals surface area contributed by atoms with Gasteiger partial charge in [-0.25, -0.2) is 0 Å². The van der Waals surface area contributed by atoms with Gasteiger partial charge in [0.2, 0.25) is 0 Å². The van der Waals surface area contributed by atoms with Crippen LogP contribution in [0.5, 0.6) is 0 Å². The number of nitrogens with zero attached hydrogens (tertiary/aromatic N) is 1. The fourth-order valence-electron chi connectivity index (χ4n) is 3.54. The smallest absolute Gasteiger partial charge is 0.0709 e. The molecule has 0 radical (unpaired) electrons. The zero-order valence-electron chi connectivity index (χ0n) is 13.7. The molecule has 0 aliphatic heterocycles. The minimum atomic E-state index is -0.321. The van der Waals surface area contributed by atoms with Crippen LogP contribution >= 0.6 is 0 Å².